The second-order valence-electron chi connectivity index (χ2n) is 13.0. The lowest BCUT2D eigenvalue weighted by atomic mass is 9.91. The lowest BCUT2D eigenvalue weighted by Gasteiger charge is -2.35. The highest BCUT2D eigenvalue weighted by Gasteiger charge is 2.45. The van der Waals surface area contributed by atoms with Gasteiger partial charge in [0.2, 0.25) is 5.60 Å². The Labute approximate surface area is 305 Å². The smallest absolute Gasteiger partial charge is 0.349 e. The highest BCUT2D eigenvalue weighted by molar-refractivity contribution is 7.16. The van der Waals surface area contributed by atoms with Gasteiger partial charge in [0, 0.05) is 31.2 Å². The summed E-state index contributed by atoms with van der Waals surface area (Å²) < 4.78 is 8.42. The fourth-order valence-electron chi connectivity index (χ4n) is 6.84. The molecule has 0 saturated heterocycles. The number of hydrogen-bond acceptors (Lipinski definition) is 13. The molecule has 4 heterocycles. The molecule has 0 unspecified atom stereocenters. The molecule has 7 rings (SSSR count). The van der Waals surface area contributed by atoms with Crippen LogP contribution < -0.4 is 10.2 Å². The molecule has 2 aromatic carbocycles. The molecule has 1 fully saturated rings. The number of rotatable bonds is 14. The van der Waals surface area contributed by atoms with Crippen molar-refractivity contribution in [3.8, 4) is 5.75 Å². The number of phenolic OH excluding ortho intramolecular Hbond substituents is 1. The van der Waals surface area contributed by atoms with Crippen LogP contribution in [0.3, 0.4) is 0 Å². The third-order valence-electron chi connectivity index (χ3n) is 9.66. The van der Waals surface area contributed by atoms with Crippen LogP contribution in [0.5, 0.6) is 5.75 Å². The summed E-state index contributed by atoms with van der Waals surface area (Å²) in [7, 11) is 2.14. The lowest BCUT2D eigenvalue weighted by Crippen LogP contribution is -2.42. The predicted octanol–water partition coefficient (Wildman–Crippen LogP) is 5.10. The number of carbonyl (C=O) groups excluding carboxylic acids is 1. The number of thiophene rings is 2. The topological polar surface area (TPSA) is 166 Å². The van der Waals surface area contributed by atoms with Crippen LogP contribution in [0.1, 0.15) is 59.1 Å². The minimum atomic E-state index is -1.78. The number of fused-ring (bicyclic) bond motifs is 2. The van der Waals surface area contributed by atoms with E-state index in [4.69, 9.17) is 4.74 Å². The quantitative estimate of drug-likeness (QED) is 0.0947. The Hall–Kier alpha value is -3.96. The minimum Gasteiger partial charge on any atom is -0.506 e. The maximum absolute atomic E-state index is 13.4. The normalized spacial score (nSPS) is 17.4. The van der Waals surface area contributed by atoms with Gasteiger partial charge in [0.1, 0.15) is 22.9 Å². The maximum atomic E-state index is 13.4. The second-order valence-corrected chi connectivity index (χ2v) is 15.9. The van der Waals surface area contributed by atoms with E-state index in [9.17, 15) is 24.9 Å². The Balaban J connectivity index is 0.859. The molecule has 268 valence electrons. The largest absolute Gasteiger partial charge is 0.506 e. The van der Waals surface area contributed by atoms with Gasteiger partial charge in [-0.05, 0) is 92.4 Å². The number of benzene rings is 2. The zero-order chi connectivity index (χ0) is 35.5. The predicted molar refractivity (Wildman–Crippen MR) is 199 cm³/mol. The highest BCUT2D eigenvalue weighted by Crippen LogP contribution is 2.38. The van der Waals surface area contributed by atoms with Gasteiger partial charge < -0.3 is 35.3 Å². The summed E-state index contributed by atoms with van der Waals surface area (Å²) in [5, 5.41) is 48.2. The number of aromatic nitrogens is 4. The first kappa shape index (κ1) is 35.4. The van der Waals surface area contributed by atoms with Crippen molar-refractivity contribution in [2.75, 3.05) is 20.1 Å². The average Bonchev–Trinajstić information content (AvgIpc) is 3.96. The maximum Gasteiger partial charge on any atom is 0.349 e. The van der Waals surface area contributed by atoms with Crippen LogP contribution in [0.4, 0.5) is 0 Å². The molecule has 1 atom stereocenters. The minimum absolute atomic E-state index is 0.0177. The Morgan fingerprint density at radius 2 is 1.86 bits per heavy atom. The van der Waals surface area contributed by atoms with E-state index in [-0.39, 0.29) is 23.3 Å². The number of phenols is 1. The third-order valence-corrected chi connectivity index (χ3v) is 12.6. The molecule has 1 saturated carbocycles. The third kappa shape index (κ3) is 7.51. The van der Waals surface area contributed by atoms with Gasteiger partial charge in [-0.2, -0.15) is 0 Å². The number of aryl methyl sites for hydroxylation is 1. The number of aromatic amines is 1. The number of nitrogens with one attached hydrogen (secondary N) is 2. The molecule has 0 bridgehead atoms. The van der Waals surface area contributed by atoms with E-state index in [2.05, 4.69) is 32.6 Å². The van der Waals surface area contributed by atoms with Crippen molar-refractivity contribution in [1.82, 2.24) is 30.2 Å². The number of aliphatic hydroxyl groups is 2. The molecule has 5 N–H and O–H groups in total. The van der Waals surface area contributed by atoms with Gasteiger partial charge in [-0.3, -0.25) is 4.79 Å². The molecule has 0 spiro atoms. The number of aromatic hydroxyl groups is 1. The molecule has 0 radical (unpaired) electrons. The standard InChI is InChI=1S/C36H40N6O6S3/c1-41(23-8-10-24(11-9-23)48-34(45)36(47,30-5-2-17-49-30)31-6-3-18-50-31)15-4-16-42-27-13-7-22(19-26(27)39-40-42)20-37-21-29(44)25-12-14-28(43)32-33(25)51-35(46)38-32/h2-3,5-7,12-14,17-19,23-24,29,37,43-44,47H,4,8-11,15-16,20-21H2,1H3,(H,38,46)/t23?,24?,29-/m1/s1. The van der Waals surface area contributed by atoms with E-state index in [1.54, 1.807) is 18.2 Å². The van der Waals surface area contributed by atoms with E-state index in [1.807, 2.05) is 45.8 Å². The van der Waals surface area contributed by atoms with Gasteiger partial charge >= 0.3 is 10.8 Å². The van der Waals surface area contributed by atoms with Gasteiger partial charge in [-0.15, -0.1) is 27.8 Å². The van der Waals surface area contributed by atoms with E-state index in [1.165, 1.54) is 28.7 Å². The van der Waals surface area contributed by atoms with Crippen LogP contribution in [0, 0.1) is 0 Å². The summed E-state index contributed by atoms with van der Waals surface area (Å²) in [5.74, 6) is -0.618. The Morgan fingerprint density at radius 3 is 2.57 bits per heavy atom. The summed E-state index contributed by atoms with van der Waals surface area (Å²) in [4.78, 5) is 31.0. The van der Waals surface area contributed by atoms with Gasteiger partial charge in [0.25, 0.3) is 0 Å². The van der Waals surface area contributed by atoms with Crippen molar-refractivity contribution in [2.24, 2.45) is 0 Å². The number of nitrogens with zero attached hydrogens (tertiary/aromatic N) is 4. The van der Waals surface area contributed by atoms with Gasteiger partial charge in [0.15, 0.2) is 0 Å². The Morgan fingerprint density at radius 1 is 1.12 bits per heavy atom. The molecular weight excluding hydrogens is 709 g/mol. The Bertz CT molecular complexity index is 2100. The van der Waals surface area contributed by atoms with Crippen LogP contribution in [0.2, 0.25) is 0 Å². The first-order valence-corrected chi connectivity index (χ1v) is 19.6. The van der Waals surface area contributed by atoms with Crippen molar-refractivity contribution in [2.45, 2.75) is 69.0 Å². The number of aliphatic hydroxyl groups excluding tert-OH is 1. The molecule has 12 nitrogen and oxygen atoms in total. The van der Waals surface area contributed by atoms with Crippen molar-refractivity contribution in [3.63, 3.8) is 0 Å². The van der Waals surface area contributed by atoms with Crippen molar-refractivity contribution >= 4 is 61.2 Å². The second kappa shape index (κ2) is 15.3. The Kier molecular flexibility index (Phi) is 10.7. The number of hydrogen-bond donors (Lipinski definition) is 5. The van der Waals surface area contributed by atoms with Gasteiger partial charge in [0.05, 0.1) is 26.1 Å². The summed E-state index contributed by atoms with van der Waals surface area (Å²) in [6.07, 6.45) is 3.17. The summed E-state index contributed by atoms with van der Waals surface area (Å²) in [6.45, 7) is 2.41. The van der Waals surface area contributed by atoms with E-state index in [0.717, 1.165) is 73.1 Å². The monoisotopic (exact) mass is 748 g/mol. The number of ether oxygens (including phenoxy) is 1. The van der Waals surface area contributed by atoms with Gasteiger partial charge in [-0.25, -0.2) is 9.48 Å². The number of esters is 1. The van der Waals surface area contributed by atoms with Crippen molar-refractivity contribution < 1.29 is 24.9 Å². The molecule has 6 aromatic rings. The summed E-state index contributed by atoms with van der Waals surface area (Å²) in [5.41, 5.74) is 1.93. The number of H-pyrrole nitrogens is 1. The van der Waals surface area contributed by atoms with Crippen LogP contribution in [0.25, 0.3) is 21.3 Å². The molecule has 15 heteroatoms. The zero-order valence-electron chi connectivity index (χ0n) is 28.0. The van der Waals surface area contributed by atoms with E-state index >= 15 is 0 Å². The van der Waals surface area contributed by atoms with Crippen LogP contribution in [-0.2, 0) is 28.2 Å². The lowest BCUT2D eigenvalue weighted by molar-refractivity contribution is -0.169. The average molecular weight is 749 g/mol. The zero-order valence-corrected chi connectivity index (χ0v) is 30.5. The van der Waals surface area contributed by atoms with E-state index < -0.39 is 17.7 Å². The molecule has 1 aliphatic carbocycles. The molecule has 0 amide bonds. The fraction of sp³-hybridized carbons (Fsp3) is 0.389. The van der Waals surface area contributed by atoms with Crippen LogP contribution in [-0.4, -0.2) is 78.4 Å². The fourth-order valence-corrected chi connectivity index (χ4v) is 9.47. The number of carbonyl (C=O) groups is 1. The first-order valence-electron chi connectivity index (χ1n) is 17.0. The van der Waals surface area contributed by atoms with Gasteiger partial charge in [-0.1, -0.05) is 40.8 Å². The summed E-state index contributed by atoms with van der Waals surface area (Å²) in [6, 6.07) is 16.8. The first-order chi connectivity index (χ1) is 24.7. The van der Waals surface area contributed by atoms with E-state index in [0.29, 0.717) is 38.1 Å². The van der Waals surface area contributed by atoms with Crippen molar-refractivity contribution in [1.29, 1.82) is 0 Å². The SMILES string of the molecule is CN(CCCn1nnc2cc(CNC[C@@H](O)c3ccc(O)c4[nH]c(=O)sc34)ccc21)C1CCC(OC(=O)C(O)(c2cccs2)c2cccs2)CC1. The summed E-state index contributed by atoms with van der Waals surface area (Å²) >= 11 is 3.67. The molecule has 4 aromatic heterocycles. The molecule has 1 aliphatic rings. The number of thiazole rings is 1. The van der Waals surface area contributed by atoms with Crippen LogP contribution in [0.15, 0.2) is 70.2 Å². The van der Waals surface area contributed by atoms with Crippen LogP contribution >= 0.6 is 34.0 Å². The molecular formula is C36H40N6O6S3. The highest BCUT2D eigenvalue weighted by atomic mass is 32.1. The van der Waals surface area contributed by atoms with Crippen molar-refractivity contribution in [3.05, 3.63) is 95.9 Å². The molecule has 51 heavy (non-hydrogen) atoms. The molecule has 0 aliphatic heterocycles.